The van der Waals surface area contributed by atoms with Gasteiger partial charge in [-0.15, -0.1) is 0 Å². The second kappa shape index (κ2) is 8.48. The molecule has 1 saturated heterocycles. The summed E-state index contributed by atoms with van der Waals surface area (Å²) >= 11 is 0. The highest BCUT2D eigenvalue weighted by molar-refractivity contribution is 5.94. The number of piperidine rings is 1. The minimum atomic E-state index is -0.309. The van der Waals surface area contributed by atoms with Crippen LogP contribution in [0.15, 0.2) is 41.2 Å². The van der Waals surface area contributed by atoms with Crippen molar-refractivity contribution in [2.24, 2.45) is 0 Å². The smallest absolute Gasteiger partial charge is 0.263 e. The first-order chi connectivity index (χ1) is 13.0. The van der Waals surface area contributed by atoms with E-state index < -0.39 is 0 Å². The zero-order valence-electron chi connectivity index (χ0n) is 15.9. The van der Waals surface area contributed by atoms with Gasteiger partial charge in [-0.25, -0.2) is 4.39 Å². The van der Waals surface area contributed by atoms with Crippen LogP contribution in [0.5, 0.6) is 0 Å². The van der Waals surface area contributed by atoms with Gasteiger partial charge in [0.05, 0.1) is 0 Å². The Morgan fingerprint density at radius 2 is 1.96 bits per heavy atom. The molecule has 0 aliphatic carbocycles. The monoisotopic (exact) mass is 371 g/mol. The fraction of sp³-hybridized carbons (Fsp3) is 0.429. The molecule has 0 unspecified atom stereocenters. The van der Waals surface area contributed by atoms with Crippen LogP contribution < -0.4 is 10.9 Å². The number of pyridine rings is 1. The fourth-order valence-electron chi connectivity index (χ4n) is 3.66. The molecule has 1 atom stereocenters. The van der Waals surface area contributed by atoms with Crippen molar-refractivity contribution in [2.75, 3.05) is 13.1 Å². The third kappa shape index (κ3) is 4.63. The van der Waals surface area contributed by atoms with Gasteiger partial charge in [-0.3, -0.25) is 14.5 Å². The summed E-state index contributed by atoms with van der Waals surface area (Å²) in [5.41, 5.74) is 1.85. The van der Waals surface area contributed by atoms with Crippen LogP contribution in [0.2, 0.25) is 0 Å². The molecule has 5 nitrogen and oxygen atoms in total. The minimum absolute atomic E-state index is 0.00229. The summed E-state index contributed by atoms with van der Waals surface area (Å²) < 4.78 is 14.7. The molecule has 0 spiro atoms. The summed E-state index contributed by atoms with van der Waals surface area (Å²) in [6.45, 7) is 6.68. The largest absolute Gasteiger partial charge is 0.348 e. The third-order valence-corrected chi connectivity index (χ3v) is 5.11. The van der Waals surface area contributed by atoms with E-state index in [2.05, 4.69) is 10.2 Å². The second-order valence-electron chi connectivity index (χ2n) is 7.11. The molecule has 3 rings (SSSR count). The molecule has 1 fully saturated rings. The Morgan fingerprint density at radius 3 is 2.67 bits per heavy atom. The number of amides is 1. The van der Waals surface area contributed by atoms with Gasteiger partial charge in [0.15, 0.2) is 0 Å². The van der Waals surface area contributed by atoms with Crippen molar-refractivity contribution < 1.29 is 9.18 Å². The molecule has 1 aromatic carbocycles. The highest BCUT2D eigenvalue weighted by Crippen LogP contribution is 2.14. The summed E-state index contributed by atoms with van der Waals surface area (Å²) in [5.74, 6) is -0.547. The first-order valence-electron chi connectivity index (χ1n) is 9.46. The van der Waals surface area contributed by atoms with E-state index in [-0.39, 0.29) is 28.9 Å². The summed E-state index contributed by atoms with van der Waals surface area (Å²) in [5, 5.41) is 3.02. The van der Waals surface area contributed by atoms with Crippen molar-refractivity contribution in [1.82, 2.24) is 14.8 Å². The predicted molar refractivity (Wildman–Crippen MR) is 103 cm³/mol. The Balaban J connectivity index is 1.64. The molecular formula is C21H26FN3O2. The molecule has 0 radical (unpaired) electrons. The van der Waals surface area contributed by atoms with E-state index in [4.69, 9.17) is 0 Å². The van der Waals surface area contributed by atoms with Gasteiger partial charge in [-0.1, -0.05) is 12.1 Å². The number of benzene rings is 1. The number of aromatic nitrogens is 1. The first kappa shape index (κ1) is 19.3. The first-order valence-corrected chi connectivity index (χ1v) is 9.46. The number of aryl methyl sites for hydroxylation is 1. The Hall–Kier alpha value is -2.47. The van der Waals surface area contributed by atoms with Crippen LogP contribution >= 0.6 is 0 Å². The molecule has 1 aliphatic rings. The molecule has 0 saturated carbocycles. The maximum Gasteiger partial charge on any atom is 0.263 e. The van der Waals surface area contributed by atoms with E-state index in [1.807, 2.05) is 19.9 Å². The molecule has 6 heteroatoms. The Bertz CT molecular complexity index is 861. The van der Waals surface area contributed by atoms with E-state index in [0.717, 1.165) is 43.7 Å². The minimum Gasteiger partial charge on any atom is -0.348 e. The second-order valence-corrected chi connectivity index (χ2v) is 7.11. The summed E-state index contributed by atoms with van der Waals surface area (Å²) in [6, 6.07) is 9.93. The molecule has 1 aliphatic heterocycles. The molecule has 0 bridgehead atoms. The van der Waals surface area contributed by atoms with Crippen LogP contribution in [0.1, 0.15) is 41.4 Å². The van der Waals surface area contributed by atoms with Crippen LogP contribution in [0.3, 0.4) is 0 Å². The molecule has 27 heavy (non-hydrogen) atoms. The zero-order chi connectivity index (χ0) is 19.4. The van der Waals surface area contributed by atoms with Crippen molar-refractivity contribution in [3.05, 3.63) is 69.4 Å². The van der Waals surface area contributed by atoms with Gasteiger partial charge in [-0.2, -0.15) is 0 Å². The van der Waals surface area contributed by atoms with Crippen molar-refractivity contribution in [2.45, 2.75) is 45.8 Å². The van der Waals surface area contributed by atoms with Crippen LogP contribution in [-0.2, 0) is 13.1 Å². The van der Waals surface area contributed by atoms with Crippen molar-refractivity contribution in [3.8, 4) is 0 Å². The van der Waals surface area contributed by atoms with Crippen molar-refractivity contribution in [3.63, 3.8) is 0 Å². The topological polar surface area (TPSA) is 54.3 Å². The lowest BCUT2D eigenvalue weighted by atomic mass is 10.0. The normalized spacial score (nSPS) is 17.7. The molecule has 1 N–H and O–H groups in total. The maximum atomic E-state index is 13.1. The van der Waals surface area contributed by atoms with E-state index in [0.29, 0.717) is 6.54 Å². The Morgan fingerprint density at radius 1 is 1.22 bits per heavy atom. The zero-order valence-corrected chi connectivity index (χ0v) is 15.9. The quantitative estimate of drug-likeness (QED) is 0.879. The lowest BCUT2D eigenvalue weighted by molar-refractivity contribution is 0.0898. The maximum absolute atomic E-state index is 13.1. The van der Waals surface area contributed by atoms with Crippen LogP contribution in [0.25, 0.3) is 0 Å². The number of carbonyl (C=O) groups excluding carboxylic acids is 1. The summed E-state index contributed by atoms with van der Waals surface area (Å²) in [7, 11) is 0. The molecule has 1 aromatic heterocycles. The highest BCUT2D eigenvalue weighted by Gasteiger charge is 2.23. The number of hydrogen-bond acceptors (Lipinski definition) is 3. The predicted octanol–water partition coefficient (Wildman–Crippen LogP) is 2.71. The van der Waals surface area contributed by atoms with Crippen LogP contribution in [0, 0.1) is 12.7 Å². The van der Waals surface area contributed by atoms with Gasteiger partial charge in [-0.05, 0) is 63.1 Å². The number of rotatable bonds is 5. The van der Waals surface area contributed by atoms with Crippen molar-refractivity contribution in [1.29, 1.82) is 0 Å². The SMILES string of the molecule is CCn1c(C)ccc(C(=O)N[C@H]2CCCN(Cc3ccc(F)cc3)C2)c1=O. The Labute approximate surface area is 158 Å². The van der Waals surface area contributed by atoms with Gasteiger partial charge in [0.25, 0.3) is 11.5 Å². The summed E-state index contributed by atoms with van der Waals surface area (Å²) in [4.78, 5) is 27.4. The van der Waals surface area contributed by atoms with Crippen molar-refractivity contribution >= 4 is 5.91 Å². The number of nitrogens with zero attached hydrogens (tertiary/aromatic N) is 2. The third-order valence-electron chi connectivity index (χ3n) is 5.11. The fourth-order valence-corrected chi connectivity index (χ4v) is 3.66. The number of carbonyl (C=O) groups is 1. The number of nitrogens with one attached hydrogen (secondary N) is 1. The van der Waals surface area contributed by atoms with Gasteiger partial charge in [0, 0.05) is 31.4 Å². The molecule has 144 valence electrons. The standard InChI is InChI=1S/C21H26FN3O2/c1-3-25-15(2)6-11-19(21(25)27)20(26)23-18-5-4-12-24(14-18)13-16-7-9-17(22)10-8-16/h6-11,18H,3-5,12-14H2,1-2H3,(H,23,26)/t18-/m0/s1. The van der Waals surface area contributed by atoms with E-state index in [9.17, 15) is 14.0 Å². The number of halogens is 1. The van der Waals surface area contributed by atoms with Gasteiger partial charge < -0.3 is 9.88 Å². The summed E-state index contributed by atoms with van der Waals surface area (Å²) in [6.07, 6.45) is 1.86. The average molecular weight is 371 g/mol. The van der Waals surface area contributed by atoms with Gasteiger partial charge in [0.2, 0.25) is 0 Å². The molecule has 2 heterocycles. The van der Waals surface area contributed by atoms with E-state index >= 15 is 0 Å². The molecular weight excluding hydrogens is 345 g/mol. The Kier molecular flexibility index (Phi) is 6.06. The molecule has 2 aromatic rings. The number of likely N-dealkylation sites (tertiary alicyclic amines) is 1. The van der Waals surface area contributed by atoms with E-state index in [1.165, 1.54) is 12.1 Å². The molecule has 1 amide bonds. The van der Waals surface area contributed by atoms with Gasteiger partial charge >= 0.3 is 0 Å². The average Bonchev–Trinajstić information content (AvgIpc) is 2.64. The lowest BCUT2D eigenvalue weighted by Gasteiger charge is -2.33. The number of hydrogen-bond donors (Lipinski definition) is 1. The van der Waals surface area contributed by atoms with Crippen LogP contribution in [0.4, 0.5) is 4.39 Å². The van der Waals surface area contributed by atoms with Crippen LogP contribution in [-0.4, -0.2) is 34.5 Å². The lowest BCUT2D eigenvalue weighted by Crippen LogP contribution is -2.48. The van der Waals surface area contributed by atoms with Gasteiger partial charge in [0.1, 0.15) is 11.4 Å². The highest BCUT2D eigenvalue weighted by atomic mass is 19.1. The van der Waals surface area contributed by atoms with E-state index in [1.54, 1.807) is 22.8 Å².